The second kappa shape index (κ2) is 27.9. The highest BCUT2D eigenvalue weighted by molar-refractivity contribution is 5.83. The highest BCUT2D eigenvalue weighted by Gasteiger charge is 2.49. The first-order valence-corrected chi connectivity index (χ1v) is 30.3. The number of hydrogen-bond donors (Lipinski definition) is 4. The largest absolute Gasteiger partial charge is 0.464 e. The van der Waals surface area contributed by atoms with E-state index in [0.29, 0.717) is 17.9 Å². The Balaban J connectivity index is 1.20. The number of rotatable bonds is 22. The summed E-state index contributed by atoms with van der Waals surface area (Å²) in [6.45, 7) is 17.7. The van der Waals surface area contributed by atoms with E-state index in [2.05, 4.69) is 88.4 Å². The Hall–Kier alpha value is -7.56. The molecular formula is C68H84N4O12. The Kier molecular flexibility index (Phi) is 20.3. The van der Waals surface area contributed by atoms with Gasteiger partial charge in [-0.1, -0.05) is 104 Å². The van der Waals surface area contributed by atoms with Crippen molar-refractivity contribution >= 4 is 46.2 Å². The number of benzene rings is 2. The molecule has 3 aliphatic heterocycles. The first-order chi connectivity index (χ1) is 40.5. The lowest BCUT2D eigenvalue weighted by Crippen LogP contribution is -2.57. The zero-order chi connectivity index (χ0) is 59.6. The van der Waals surface area contributed by atoms with Crippen LogP contribution < -0.4 is 30.9 Å². The Bertz CT molecular complexity index is 3530. The van der Waals surface area contributed by atoms with E-state index < -0.39 is 72.9 Å². The van der Waals surface area contributed by atoms with Crippen molar-refractivity contribution in [3.05, 3.63) is 152 Å². The molecule has 8 bridgehead atoms. The van der Waals surface area contributed by atoms with Gasteiger partial charge in [0.2, 0.25) is 12.6 Å². The van der Waals surface area contributed by atoms with Crippen LogP contribution in [-0.2, 0) is 47.6 Å². The molecule has 2 aromatic carbocycles. The SMILES string of the molecule is CCCCCCC1=c2ccc([nH]2)=C(c2cccc(O[C@@H]3OC(COC(C)=O)[C@@H](C)[C@H](C)C3OC(C)=O)c2)c2ccc([nH]2)C(c2cccc(O[C@H]3OC(CC)[C@H](OC(C)=O)C(OC(C)=O)[C@H]3C)c2)=c2ccc([nH]2)=C(CCCCCC)c2ccc1[nH]2. The number of nitrogens with one attached hydrogen (secondary N) is 4. The first-order valence-electron chi connectivity index (χ1n) is 30.3. The van der Waals surface area contributed by atoms with Gasteiger partial charge < -0.3 is 57.8 Å². The van der Waals surface area contributed by atoms with Crippen molar-refractivity contribution in [2.75, 3.05) is 6.61 Å². The van der Waals surface area contributed by atoms with Gasteiger partial charge in [-0.15, -0.1) is 0 Å². The maximum atomic E-state index is 12.6. The van der Waals surface area contributed by atoms with Gasteiger partial charge in [0, 0.05) is 88.9 Å². The molecule has 16 nitrogen and oxygen atoms in total. The number of aromatic amines is 4. The van der Waals surface area contributed by atoms with Gasteiger partial charge in [-0.2, -0.15) is 0 Å². The number of H-pyrrole nitrogens is 4. The molecule has 2 fully saturated rings. The van der Waals surface area contributed by atoms with E-state index in [4.69, 9.17) is 37.9 Å². The Labute approximate surface area is 492 Å². The van der Waals surface area contributed by atoms with Crippen LogP contribution in [-0.4, -0.2) is 93.5 Å². The monoisotopic (exact) mass is 1150 g/mol. The topological polar surface area (TPSA) is 205 Å². The number of ether oxygens (including phenoxy) is 8. The van der Waals surface area contributed by atoms with E-state index in [1.807, 2.05) is 70.2 Å². The molecule has 7 heterocycles. The van der Waals surface area contributed by atoms with Crippen molar-refractivity contribution in [2.45, 2.75) is 183 Å². The molecular weight excluding hydrogens is 1060 g/mol. The average molecular weight is 1150 g/mol. The Morgan fingerprint density at radius 3 is 1.42 bits per heavy atom. The molecule has 4 aromatic heterocycles. The van der Waals surface area contributed by atoms with E-state index in [0.717, 1.165) is 131 Å². The maximum Gasteiger partial charge on any atom is 0.303 e. The van der Waals surface area contributed by atoms with Crippen LogP contribution in [0.1, 0.15) is 174 Å². The van der Waals surface area contributed by atoms with Crippen molar-refractivity contribution in [3.63, 3.8) is 0 Å². The van der Waals surface area contributed by atoms with Crippen molar-refractivity contribution < 1.29 is 57.1 Å². The van der Waals surface area contributed by atoms with E-state index in [1.54, 1.807) is 0 Å². The molecule has 0 aliphatic carbocycles. The highest BCUT2D eigenvalue weighted by Crippen LogP contribution is 2.38. The zero-order valence-electron chi connectivity index (χ0n) is 50.4. The fourth-order valence-electron chi connectivity index (χ4n) is 12.1. The quantitative estimate of drug-likeness (QED) is 0.0285. The lowest BCUT2D eigenvalue weighted by Gasteiger charge is -2.43. The summed E-state index contributed by atoms with van der Waals surface area (Å²) < 4.78 is 49.4. The van der Waals surface area contributed by atoms with Crippen LogP contribution >= 0.6 is 0 Å². The van der Waals surface area contributed by atoms with Crippen molar-refractivity contribution in [1.29, 1.82) is 0 Å². The van der Waals surface area contributed by atoms with Gasteiger partial charge in [0.25, 0.3) is 0 Å². The van der Waals surface area contributed by atoms with Crippen molar-refractivity contribution in [2.24, 2.45) is 17.8 Å². The smallest absolute Gasteiger partial charge is 0.303 e. The van der Waals surface area contributed by atoms with Gasteiger partial charge in [0.1, 0.15) is 30.3 Å². The maximum absolute atomic E-state index is 12.6. The third-order valence-electron chi connectivity index (χ3n) is 16.6. The van der Waals surface area contributed by atoms with Crippen LogP contribution in [0.2, 0.25) is 0 Å². The van der Waals surface area contributed by atoms with Crippen LogP contribution in [0.3, 0.4) is 0 Å². The molecule has 448 valence electrons. The summed E-state index contributed by atoms with van der Waals surface area (Å²) >= 11 is 0. The van der Waals surface area contributed by atoms with Crippen LogP contribution in [0.25, 0.3) is 22.3 Å². The van der Waals surface area contributed by atoms with Crippen LogP contribution in [0, 0.1) is 17.8 Å². The number of aromatic nitrogens is 4. The van der Waals surface area contributed by atoms with E-state index in [1.165, 1.54) is 38.8 Å². The molecule has 0 radical (unpaired) electrons. The first kappa shape index (κ1) is 61.0. The predicted octanol–water partition coefficient (Wildman–Crippen LogP) is 10.0. The van der Waals surface area contributed by atoms with Crippen molar-refractivity contribution in [1.82, 2.24) is 19.9 Å². The number of unbranched alkanes of at least 4 members (excludes halogenated alkanes) is 6. The fourth-order valence-corrected chi connectivity index (χ4v) is 12.1. The molecule has 0 spiro atoms. The second-order valence-corrected chi connectivity index (χ2v) is 22.9. The summed E-state index contributed by atoms with van der Waals surface area (Å²) in [6.07, 6.45) is 5.83. The fraction of sp³-hybridized carbons (Fsp3) is 0.471. The standard InChI is InChI=1S/C68H84N4O12/c1-11-14-16-18-26-50-52-28-29-53(69-52)51(27-19-17-15-12-2)55-31-33-57(71-55)63(47-23-21-25-49(37-47)82-68-65(79-44(9)75)40(5)39(4)61(84-68)38-77-42(7)73)59-35-34-58(72-59)62(56-32-30-54(50)70-56)46-22-20-24-48(36-46)81-67-41(6)64(78-43(8)74)66(80-45(10)76)60(13-3)83-67/h20-25,28-37,39-41,60-61,64-72H,11-19,26-27,38H2,1-10H3/t39-,40-,41+,60?,61?,64?,65?,66-,67-,68+/m0/s1. The molecule has 4 unspecified atom stereocenters. The number of fused-ring (bicyclic) bond motifs is 8. The predicted molar refractivity (Wildman–Crippen MR) is 320 cm³/mol. The molecule has 3 aliphatic rings. The van der Waals surface area contributed by atoms with Gasteiger partial charge in [-0.05, 0) is 133 Å². The molecule has 9 rings (SSSR count). The molecule has 84 heavy (non-hydrogen) atoms. The molecule has 4 N–H and O–H groups in total. The van der Waals surface area contributed by atoms with Gasteiger partial charge in [-0.25, -0.2) is 0 Å². The summed E-state index contributed by atoms with van der Waals surface area (Å²) in [5.74, 6) is -1.69. The number of carbonyl (C=O) groups excluding carboxylic acids is 4. The molecule has 6 aromatic rings. The minimum atomic E-state index is -1.01. The van der Waals surface area contributed by atoms with Crippen LogP contribution in [0.15, 0.2) is 97.1 Å². The van der Waals surface area contributed by atoms with E-state index >= 15 is 0 Å². The molecule has 0 saturated carbocycles. The lowest BCUT2D eigenvalue weighted by atomic mass is 9.83. The van der Waals surface area contributed by atoms with Crippen molar-refractivity contribution in [3.8, 4) is 11.5 Å². The summed E-state index contributed by atoms with van der Waals surface area (Å²) in [6, 6.07) is 33.0. The van der Waals surface area contributed by atoms with E-state index in [9.17, 15) is 19.2 Å². The summed E-state index contributed by atoms with van der Waals surface area (Å²) in [4.78, 5) is 65.0. The third-order valence-corrected chi connectivity index (χ3v) is 16.6. The Morgan fingerprint density at radius 2 is 0.917 bits per heavy atom. The summed E-state index contributed by atoms with van der Waals surface area (Å²) in [5, 5.41) is 3.77. The van der Waals surface area contributed by atoms with E-state index in [-0.39, 0.29) is 18.4 Å². The molecule has 16 heteroatoms. The normalized spacial score (nSPS) is 23.2. The summed E-state index contributed by atoms with van der Waals surface area (Å²) in [5.41, 5.74) is 9.61. The number of hydrogen-bond acceptors (Lipinski definition) is 12. The molecule has 0 amide bonds. The number of esters is 4. The van der Waals surface area contributed by atoms with Gasteiger partial charge >= 0.3 is 23.9 Å². The number of carbonyl (C=O) groups is 4. The Morgan fingerprint density at radius 1 is 0.452 bits per heavy atom. The second-order valence-electron chi connectivity index (χ2n) is 22.9. The van der Waals surface area contributed by atoms with Gasteiger partial charge in [-0.3, -0.25) is 19.2 Å². The molecule has 2 saturated heterocycles. The third kappa shape index (κ3) is 14.3. The van der Waals surface area contributed by atoms with Crippen LogP contribution in [0.5, 0.6) is 11.5 Å². The van der Waals surface area contributed by atoms with Gasteiger partial charge in [0.15, 0.2) is 12.2 Å². The minimum absolute atomic E-state index is 0.0285. The lowest BCUT2D eigenvalue weighted by molar-refractivity contribution is -0.261. The average Bonchev–Trinajstić information content (AvgIpc) is 2.38. The van der Waals surface area contributed by atoms with Gasteiger partial charge in [0.05, 0.1) is 12.0 Å². The minimum Gasteiger partial charge on any atom is -0.464 e. The van der Waals surface area contributed by atoms with Crippen LogP contribution in [0.4, 0.5) is 0 Å². The highest BCUT2D eigenvalue weighted by atomic mass is 16.7. The zero-order valence-corrected chi connectivity index (χ0v) is 50.4. The molecule has 10 atom stereocenters. The summed E-state index contributed by atoms with van der Waals surface area (Å²) in [7, 11) is 0.